The number of ether oxygens (including phenoxy) is 1. The lowest BCUT2D eigenvalue weighted by Gasteiger charge is -2.43. The Labute approximate surface area is 336 Å². The molecular weight excluding hydrogens is 741 g/mol. The van der Waals surface area contributed by atoms with Gasteiger partial charge in [0.15, 0.2) is 0 Å². The van der Waals surface area contributed by atoms with Gasteiger partial charge in [0.25, 0.3) is 0 Å². The number of halogens is 2. The molecule has 2 saturated heterocycles. The molecule has 2 aromatic carbocycles. The number of alkyl carbamates (subject to hydrolysis) is 1. The van der Waals surface area contributed by atoms with E-state index >= 15 is 0 Å². The molecule has 0 saturated carbocycles. The lowest BCUT2D eigenvalue weighted by atomic mass is 9.74. The summed E-state index contributed by atoms with van der Waals surface area (Å²) in [6.07, 6.45) is 5.06. The fourth-order valence-corrected chi connectivity index (χ4v) is 7.76. The molecule has 1 unspecified atom stereocenters. The number of hydrogen-bond donors (Lipinski definition) is 3. The summed E-state index contributed by atoms with van der Waals surface area (Å²) in [5.41, 5.74) is -0.387. The van der Waals surface area contributed by atoms with Gasteiger partial charge in [-0.25, -0.2) is 4.79 Å². The predicted molar refractivity (Wildman–Crippen MR) is 216 cm³/mol. The van der Waals surface area contributed by atoms with Crippen molar-refractivity contribution < 1.29 is 28.7 Å². The fraction of sp³-hybridized carbons (Fsp3) is 0.595. The zero-order valence-corrected chi connectivity index (χ0v) is 34.6. The third kappa shape index (κ3) is 12.9. The lowest BCUT2D eigenvalue weighted by Crippen LogP contribution is -2.59. The molecule has 55 heavy (non-hydrogen) atoms. The van der Waals surface area contributed by atoms with E-state index in [4.69, 9.17) is 27.9 Å². The van der Waals surface area contributed by atoms with Gasteiger partial charge in [0.05, 0.1) is 15.5 Å². The summed E-state index contributed by atoms with van der Waals surface area (Å²) in [4.78, 5) is 70.8. The van der Waals surface area contributed by atoms with E-state index < -0.39 is 28.6 Å². The van der Waals surface area contributed by atoms with Crippen molar-refractivity contribution in [1.82, 2.24) is 25.8 Å². The second kappa shape index (κ2) is 19.9. The molecule has 0 aromatic heterocycles. The van der Waals surface area contributed by atoms with Crippen molar-refractivity contribution in [3.63, 3.8) is 0 Å². The van der Waals surface area contributed by atoms with Crippen LogP contribution in [0.2, 0.25) is 10.0 Å². The van der Waals surface area contributed by atoms with Crippen LogP contribution in [0.3, 0.4) is 0 Å². The van der Waals surface area contributed by atoms with Crippen LogP contribution in [0, 0.1) is 10.8 Å². The zero-order chi connectivity index (χ0) is 40.2. The van der Waals surface area contributed by atoms with Crippen LogP contribution >= 0.6 is 23.2 Å². The number of carbonyl (C=O) groups is 5. The maximum Gasteiger partial charge on any atom is 0.407 e. The van der Waals surface area contributed by atoms with Crippen molar-refractivity contribution in [2.75, 3.05) is 39.3 Å². The standard InChI is InChI=1S/C42H59Cl2N5O6/c1-6-45-38(53)42(28-30-14-9-7-10-15-30)19-13-23-49(29-42)36(51)34(27-31-17-18-32(43)33(44)26-31)47-37(52)41(5)20-24-48(25-21-41)35(50)16-11-8-12-22-46-39(54)55-40(2,3)4/h7,9-10,14-15,17-18,26,34H,6,8,11-13,16,19-25,27-29H2,1-5H3,(H,45,53)(H,46,54)(H,47,52)/t34?,42-/m0/s1. The second-order valence-electron chi connectivity index (χ2n) is 16.3. The van der Waals surface area contributed by atoms with Crippen LogP contribution in [0.15, 0.2) is 48.5 Å². The molecule has 0 aliphatic carbocycles. The van der Waals surface area contributed by atoms with Crippen molar-refractivity contribution >= 4 is 52.9 Å². The van der Waals surface area contributed by atoms with E-state index in [9.17, 15) is 24.0 Å². The molecule has 2 atom stereocenters. The molecular formula is C42H59Cl2N5O6. The van der Waals surface area contributed by atoms with Crippen LogP contribution in [0.4, 0.5) is 4.79 Å². The van der Waals surface area contributed by atoms with E-state index in [0.717, 1.165) is 24.0 Å². The molecule has 302 valence electrons. The number of nitrogens with zero attached hydrogens (tertiary/aromatic N) is 2. The Morgan fingerprint density at radius 3 is 2.20 bits per heavy atom. The minimum atomic E-state index is -0.909. The molecule has 0 radical (unpaired) electrons. The minimum absolute atomic E-state index is 0.0476. The van der Waals surface area contributed by atoms with E-state index in [1.165, 1.54) is 0 Å². The van der Waals surface area contributed by atoms with E-state index in [1.54, 1.807) is 23.1 Å². The molecule has 2 aliphatic rings. The summed E-state index contributed by atoms with van der Waals surface area (Å²) in [5, 5.41) is 9.62. The molecule has 11 nitrogen and oxygen atoms in total. The summed E-state index contributed by atoms with van der Waals surface area (Å²) >= 11 is 12.6. The largest absolute Gasteiger partial charge is 0.444 e. The normalized spacial score (nSPS) is 18.9. The average Bonchev–Trinajstić information content (AvgIpc) is 3.14. The molecule has 4 rings (SSSR count). The van der Waals surface area contributed by atoms with Gasteiger partial charge in [-0.1, -0.05) is 72.9 Å². The van der Waals surface area contributed by atoms with Crippen LogP contribution in [0.25, 0.3) is 0 Å². The number of piperidine rings is 2. The highest BCUT2D eigenvalue weighted by Gasteiger charge is 2.45. The number of nitrogens with one attached hydrogen (secondary N) is 3. The molecule has 0 spiro atoms. The van der Waals surface area contributed by atoms with Crippen molar-refractivity contribution in [2.24, 2.45) is 10.8 Å². The molecule has 5 amide bonds. The summed E-state index contributed by atoms with van der Waals surface area (Å²) < 4.78 is 5.25. The summed E-state index contributed by atoms with van der Waals surface area (Å²) in [6, 6.07) is 14.1. The third-order valence-corrected chi connectivity index (χ3v) is 11.4. The smallest absolute Gasteiger partial charge is 0.407 e. The van der Waals surface area contributed by atoms with Crippen molar-refractivity contribution in [1.29, 1.82) is 0 Å². The van der Waals surface area contributed by atoms with Gasteiger partial charge in [-0.05, 0) is 95.9 Å². The van der Waals surface area contributed by atoms with Crippen LogP contribution in [0.5, 0.6) is 0 Å². The Morgan fingerprint density at radius 1 is 0.836 bits per heavy atom. The molecule has 13 heteroatoms. The first kappa shape index (κ1) is 43.9. The first-order valence-corrected chi connectivity index (χ1v) is 20.4. The quantitative estimate of drug-likeness (QED) is 0.171. The van der Waals surface area contributed by atoms with Gasteiger partial charge in [0.2, 0.25) is 23.6 Å². The first-order valence-electron chi connectivity index (χ1n) is 19.6. The van der Waals surface area contributed by atoms with Gasteiger partial charge in [-0.2, -0.15) is 0 Å². The Morgan fingerprint density at radius 2 is 1.55 bits per heavy atom. The number of unbranched alkanes of at least 4 members (excludes halogenated alkanes) is 2. The van der Waals surface area contributed by atoms with Crippen LogP contribution in [-0.4, -0.2) is 90.4 Å². The van der Waals surface area contributed by atoms with Gasteiger partial charge in [0, 0.05) is 57.5 Å². The summed E-state index contributed by atoms with van der Waals surface area (Å²) in [7, 11) is 0. The van der Waals surface area contributed by atoms with Gasteiger partial charge in [-0.15, -0.1) is 0 Å². The first-order chi connectivity index (χ1) is 26.0. The number of rotatable bonds is 15. The van der Waals surface area contributed by atoms with E-state index in [2.05, 4.69) is 16.0 Å². The Bertz CT molecular complexity index is 1640. The minimum Gasteiger partial charge on any atom is -0.444 e. The molecule has 0 bridgehead atoms. The highest BCUT2D eigenvalue weighted by atomic mass is 35.5. The predicted octanol–water partition coefficient (Wildman–Crippen LogP) is 6.72. The van der Waals surface area contributed by atoms with E-state index in [-0.39, 0.29) is 36.6 Å². The maximum atomic E-state index is 14.5. The maximum absolute atomic E-state index is 14.5. The van der Waals surface area contributed by atoms with Gasteiger partial charge in [0.1, 0.15) is 11.6 Å². The van der Waals surface area contributed by atoms with Crippen molar-refractivity contribution in [2.45, 2.75) is 110 Å². The monoisotopic (exact) mass is 799 g/mol. The Kier molecular flexibility index (Phi) is 15.8. The fourth-order valence-electron chi connectivity index (χ4n) is 7.44. The van der Waals surface area contributed by atoms with Crippen LogP contribution in [-0.2, 0) is 36.8 Å². The highest BCUT2D eigenvalue weighted by molar-refractivity contribution is 6.42. The van der Waals surface area contributed by atoms with Crippen molar-refractivity contribution in [3.8, 4) is 0 Å². The van der Waals surface area contributed by atoms with E-state index in [0.29, 0.717) is 87.7 Å². The topological polar surface area (TPSA) is 137 Å². The number of benzene rings is 2. The van der Waals surface area contributed by atoms with Crippen LogP contribution in [0.1, 0.15) is 97.1 Å². The summed E-state index contributed by atoms with van der Waals surface area (Å²) in [5.74, 6) is -0.526. The van der Waals surface area contributed by atoms with Gasteiger partial charge in [-0.3, -0.25) is 19.2 Å². The molecule has 2 heterocycles. The van der Waals surface area contributed by atoms with Crippen LogP contribution < -0.4 is 16.0 Å². The number of carbonyl (C=O) groups excluding carboxylic acids is 5. The Hall–Kier alpha value is -3.83. The van der Waals surface area contributed by atoms with Gasteiger partial charge >= 0.3 is 6.09 Å². The lowest BCUT2D eigenvalue weighted by molar-refractivity contribution is -0.146. The number of likely N-dealkylation sites (tertiary alicyclic amines) is 2. The molecule has 2 fully saturated rings. The zero-order valence-electron chi connectivity index (χ0n) is 33.1. The Balaban J connectivity index is 1.39. The molecule has 2 aliphatic heterocycles. The number of hydrogen-bond acceptors (Lipinski definition) is 6. The SMILES string of the molecule is CCNC(=O)[C@]1(Cc2ccccc2)CCCN(C(=O)C(Cc2ccc(Cl)c(Cl)c2)NC(=O)C2(C)CCN(C(=O)CCCCCNC(=O)OC(C)(C)C)CC2)C1. The highest BCUT2D eigenvalue weighted by Crippen LogP contribution is 2.36. The van der Waals surface area contributed by atoms with Gasteiger partial charge < -0.3 is 30.5 Å². The number of amides is 5. The summed E-state index contributed by atoms with van der Waals surface area (Å²) in [6.45, 7) is 11.8. The van der Waals surface area contributed by atoms with E-state index in [1.807, 2.05) is 69.9 Å². The second-order valence-corrected chi connectivity index (χ2v) is 17.1. The third-order valence-electron chi connectivity index (χ3n) is 10.6. The molecule has 2 aromatic rings. The average molecular weight is 801 g/mol. The van der Waals surface area contributed by atoms with Crippen molar-refractivity contribution in [3.05, 3.63) is 69.7 Å². The molecule has 3 N–H and O–H groups in total.